The van der Waals surface area contributed by atoms with Crippen molar-refractivity contribution in [3.8, 4) is 17.6 Å². The van der Waals surface area contributed by atoms with E-state index in [0.29, 0.717) is 11.8 Å². The Morgan fingerprint density at radius 2 is 2.00 bits per heavy atom. The van der Waals surface area contributed by atoms with Crippen LogP contribution in [0.3, 0.4) is 0 Å². The van der Waals surface area contributed by atoms with E-state index in [-0.39, 0.29) is 27.8 Å². The molecule has 21 heavy (non-hydrogen) atoms. The van der Waals surface area contributed by atoms with Crippen molar-refractivity contribution >= 4 is 23.6 Å². The number of nitrogens with zero attached hydrogens (tertiary/aromatic N) is 2. The number of nitriles is 1. The highest BCUT2D eigenvalue weighted by molar-refractivity contribution is 6.30. The zero-order chi connectivity index (χ0) is 15.4. The summed E-state index contributed by atoms with van der Waals surface area (Å²) in [5.74, 6) is 0.0244. The molecule has 0 fully saturated rings. The van der Waals surface area contributed by atoms with Gasteiger partial charge in [-0.2, -0.15) is 5.26 Å². The molecule has 2 aromatic carbocycles. The molecule has 0 atom stereocenters. The number of halogens is 1. The van der Waals surface area contributed by atoms with Crippen LogP contribution in [0.4, 0.5) is 5.69 Å². The van der Waals surface area contributed by atoms with E-state index in [2.05, 4.69) is 0 Å². The van der Waals surface area contributed by atoms with Gasteiger partial charge in [0.25, 0.3) is 0 Å². The molecule has 0 spiro atoms. The molecule has 0 aromatic heterocycles. The summed E-state index contributed by atoms with van der Waals surface area (Å²) in [6.45, 7) is 0. The Labute approximate surface area is 124 Å². The van der Waals surface area contributed by atoms with E-state index in [9.17, 15) is 14.9 Å². The average molecular weight is 303 g/mol. The average Bonchev–Trinajstić information content (AvgIpc) is 2.47. The van der Waals surface area contributed by atoms with Crippen LogP contribution in [0, 0.1) is 21.4 Å². The van der Waals surface area contributed by atoms with Crippen LogP contribution >= 0.6 is 11.6 Å². The summed E-state index contributed by atoms with van der Waals surface area (Å²) in [6.07, 6.45) is 0.590. The zero-order valence-electron chi connectivity index (χ0n) is 10.4. The summed E-state index contributed by atoms with van der Waals surface area (Å²) in [4.78, 5) is 21.0. The number of rotatable bonds is 4. The van der Waals surface area contributed by atoms with Gasteiger partial charge in [0.2, 0.25) is 5.75 Å². The molecule has 0 unspecified atom stereocenters. The Morgan fingerprint density at radius 3 is 2.62 bits per heavy atom. The molecule has 0 radical (unpaired) electrons. The normalized spacial score (nSPS) is 9.71. The quantitative estimate of drug-likeness (QED) is 0.487. The van der Waals surface area contributed by atoms with Gasteiger partial charge in [0.1, 0.15) is 18.1 Å². The van der Waals surface area contributed by atoms with Gasteiger partial charge < -0.3 is 4.74 Å². The third-order valence-corrected chi connectivity index (χ3v) is 2.83. The molecule has 0 saturated heterocycles. The Balaban J connectivity index is 2.48. The fraction of sp³-hybridized carbons (Fsp3) is 0. The van der Waals surface area contributed by atoms with Gasteiger partial charge in [-0.25, -0.2) is 0 Å². The van der Waals surface area contributed by atoms with Crippen molar-refractivity contribution in [3.63, 3.8) is 0 Å². The van der Waals surface area contributed by atoms with E-state index in [1.807, 2.05) is 6.07 Å². The van der Waals surface area contributed by atoms with Gasteiger partial charge in [0, 0.05) is 22.7 Å². The van der Waals surface area contributed by atoms with E-state index >= 15 is 0 Å². The van der Waals surface area contributed by atoms with Crippen LogP contribution in [0.2, 0.25) is 5.02 Å². The molecule has 0 heterocycles. The highest BCUT2D eigenvalue weighted by Gasteiger charge is 2.17. The maximum atomic E-state index is 10.9. The Kier molecular flexibility index (Phi) is 4.16. The van der Waals surface area contributed by atoms with Crippen molar-refractivity contribution in [2.45, 2.75) is 0 Å². The molecule has 0 amide bonds. The van der Waals surface area contributed by atoms with Crippen molar-refractivity contribution in [2.75, 3.05) is 0 Å². The Bertz CT molecular complexity index is 768. The maximum Gasteiger partial charge on any atom is 0.311 e. The second kappa shape index (κ2) is 6.03. The molecule has 2 rings (SSSR count). The van der Waals surface area contributed by atoms with Crippen molar-refractivity contribution in [1.82, 2.24) is 0 Å². The van der Waals surface area contributed by atoms with Crippen LogP contribution in [-0.2, 0) is 0 Å². The number of nitro benzene ring substituents is 1. The fourth-order valence-corrected chi connectivity index (χ4v) is 1.80. The molecule has 0 aliphatic rings. The predicted octanol–water partition coefficient (Wildman–Crippen LogP) is 3.72. The molecule has 7 heteroatoms. The highest BCUT2D eigenvalue weighted by atomic mass is 35.5. The number of carbonyl (C=O) groups is 1. The number of nitro groups is 1. The maximum absolute atomic E-state index is 10.9. The number of ether oxygens (including phenoxy) is 1. The van der Waals surface area contributed by atoms with Crippen LogP contribution in [-0.4, -0.2) is 11.2 Å². The van der Waals surface area contributed by atoms with Crippen molar-refractivity contribution < 1.29 is 14.5 Å². The van der Waals surface area contributed by atoms with Gasteiger partial charge in [0.05, 0.1) is 10.5 Å². The van der Waals surface area contributed by atoms with Gasteiger partial charge in [0.15, 0.2) is 0 Å². The lowest BCUT2D eigenvalue weighted by molar-refractivity contribution is -0.385. The molecular formula is C14H7ClN2O4. The van der Waals surface area contributed by atoms with E-state index in [1.54, 1.807) is 0 Å². The van der Waals surface area contributed by atoms with E-state index < -0.39 is 4.92 Å². The minimum Gasteiger partial charge on any atom is -0.449 e. The lowest BCUT2D eigenvalue weighted by atomic mass is 10.1. The molecule has 0 aliphatic heterocycles. The summed E-state index contributed by atoms with van der Waals surface area (Å²) < 4.78 is 5.41. The van der Waals surface area contributed by atoms with Crippen molar-refractivity contribution in [1.29, 1.82) is 5.26 Å². The third-order valence-electron chi connectivity index (χ3n) is 2.60. The minimum absolute atomic E-state index is 0.0807. The Hall–Kier alpha value is -2.91. The summed E-state index contributed by atoms with van der Waals surface area (Å²) in [6, 6.07) is 9.91. The first-order valence-electron chi connectivity index (χ1n) is 5.66. The first-order valence-corrected chi connectivity index (χ1v) is 6.04. The van der Waals surface area contributed by atoms with Crippen LogP contribution < -0.4 is 4.74 Å². The first kappa shape index (κ1) is 14.5. The SMILES string of the molecule is N#Cc1cc(C=O)ccc1Oc1cc(Cl)ccc1[N+](=O)[O-]. The Morgan fingerprint density at radius 1 is 1.24 bits per heavy atom. The molecule has 0 N–H and O–H groups in total. The second-order valence-corrected chi connectivity index (χ2v) is 4.39. The third kappa shape index (κ3) is 3.16. The summed E-state index contributed by atoms with van der Waals surface area (Å²) >= 11 is 5.80. The van der Waals surface area contributed by atoms with Crippen molar-refractivity contribution in [3.05, 3.63) is 62.7 Å². The molecule has 0 aliphatic carbocycles. The smallest absolute Gasteiger partial charge is 0.311 e. The van der Waals surface area contributed by atoms with Crippen LogP contribution in [0.1, 0.15) is 15.9 Å². The summed E-state index contributed by atoms with van der Waals surface area (Å²) in [7, 11) is 0. The van der Waals surface area contributed by atoms with E-state index in [0.717, 1.165) is 0 Å². The standard InChI is InChI=1S/C14H7ClN2O4/c15-11-2-3-12(17(19)20)14(6-11)21-13-4-1-9(8-18)5-10(13)7-16/h1-6,8H. The van der Waals surface area contributed by atoms with E-state index in [4.69, 9.17) is 21.6 Å². The number of carbonyl (C=O) groups excluding carboxylic acids is 1. The van der Waals surface area contributed by atoms with E-state index in [1.165, 1.54) is 36.4 Å². The second-order valence-electron chi connectivity index (χ2n) is 3.96. The first-order chi connectivity index (χ1) is 10.0. The topological polar surface area (TPSA) is 93.2 Å². The predicted molar refractivity (Wildman–Crippen MR) is 74.7 cm³/mol. The number of benzene rings is 2. The number of hydrogen-bond donors (Lipinski definition) is 0. The number of hydrogen-bond acceptors (Lipinski definition) is 5. The number of aldehydes is 1. The summed E-state index contributed by atoms with van der Waals surface area (Å²) in [5, 5.41) is 20.3. The van der Waals surface area contributed by atoms with Gasteiger partial charge in [-0.1, -0.05) is 11.6 Å². The van der Waals surface area contributed by atoms with Crippen molar-refractivity contribution in [2.24, 2.45) is 0 Å². The molecule has 0 bridgehead atoms. The zero-order valence-corrected chi connectivity index (χ0v) is 11.2. The van der Waals surface area contributed by atoms with Gasteiger partial charge in [-0.15, -0.1) is 0 Å². The molecule has 104 valence electrons. The van der Waals surface area contributed by atoms with Gasteiger partial charge in [-0.3, -0.25) is 14.9 Å². The van der Waals surface area contributed by atoms with Crippen LogP contribution in [0.5, 0.6) is 11.5 Å². The lowest BCUT2D eigenvalue weighted by Crippen LogP contribution is -1.95. The fourth-order valence-electron chi connectivity index (χ4n) is 1.64. The van der Waals surface area contributed by atoms with Crippen LogP contribution in [0.15, 0.2) is 36.4 Å². The monoisotopic (exact) mass is 302 g/mol. The molecular weight excluding hydrogens is 296 g/mol. The summed E-state index contributed by atoms with van der Waals surface area (Å²) in [5.41, 5.74) is 0.121. The highest BCUT2D eigenvalue weighted by Crippen LogP contribution is 2.35. The molecule has 2 aromatic rings. The molecule has 0 saturated carbocycles. The lowest BCUT2D eigenvalue weighted by Gasteiger charge is -2.08. The van der Waals surface area contributed by atoms with Crippen LogP contribution in [0.25, 0.3) is 0 Å². The van der Waals surface area contributed by atoms with Gasteiger partial charge in [-0.05, 0) is 24.3 Å². The largest absolute Gasteiger partial charge is 0.449 e. The minimum atomic E-state index is -0.614. The molecule has 6 nitrogen and oxygen atoms in total. The van der Waals surface area contributed by atoms with Gasteiger partial charge >= 0.3 is 5.69 Å².